The highest BCUT2D eigenvalue weighted by Crippen LogP contribution is 2.35. The molecule has 2 aliphatic rings. The van der Waals surface area contributed by atoms with Crippen LogP contribution in [0.2, 0.25) is 5.02 Å². The van der Waals surface area contributed by atoms with Crippen LogP contribution in [0.1, 0.15) is 18.4 Å². The van der Waals surface area contributed by atoms with Crippen molar-refractivity contribution in [1.82, 2.24) is 0 Å². The van der Waals surface area contributed by atoms with Gasteiger partial charge in [0.25, 0.3) is 11.8 Å². The number of amides is 2. The Morgan fingerprint density at radius 3 is 2.57 bits per heavy atom. The third kappa shape index (κ3) is 2.42. The van der Waals surface area contributed by atoms with Crippen LogP contribution in [0.4, 0.5) is 5.69 Å². The van der Waals surface area contributed by atoms with Crippen molar-refractivity contribution >= 4 is 29.1 Å². The number of hydrogen-bond acceptors (Lipinski definition) is 4. The molecule has 2 aliphatic heterocycles. The van der Waals surface area contributed by atoms with Gasteiger partial charge in [0.05, 0.1) is 10.7 Å². The predicted octanol–water partition coefficient (Wildman–Crippen LogP) is 1.10. The Labute approximate surface area is 126 Å². The Morgan fingerprint density at radius 2 is 1.95 bits per heavy atom. The number of aliphatic hydroxyl groups is 1. The lowest BCUT2D eigenvalue weighted by atomic mass is 10.1. The predicted molar refractivity (Wildman–Crippen MR) is 75.8 cm³/mol. The van der Waals surface area contributed by atoms with Gasteiger partial charge in [0, 0.05) is 5.56 Å². The number of morpholine rings is 1. The molecular formula is C15H12ClNO4. The monoisotopic (exact) mass is 305 g/mol. The minimum absolute atomic E-state index is 0.266. The molecule has 1 N–H and O–H groups in total. The van der Waals surface area contributed by atoms with Gasteiger partial charge in [0.2, 0.25) is 0 Å². The van der Waals surface area contributed by atoms with Crippen molar-refractivity contribution in [2.45, 2.75) is 25.0 Å². The molecule has 0 saturated carbocycles. The lowest BCUT2D eigenvalue weighted by Gasteiger charge is -2.30. The minimum atomic E-state index is -0.573. The first kappa shape index (κ1) is 14.1. The van der Waals surface area contributed by atoms with E-state index in [9.17, 15) is 9.59 Å². The second-order valence-electron chi connectivity index (χ2n) is 4.83. The van der Waals surface area contributed by atoms with Gasteiger partial charge < -0.3 is 9.84 Å². The van der Waals surface area contributed by atoms with Crippen molar-refractivity contribution in [1.29, 1.82) is 0 Å². The summed E-state index contributed by atoms with van der Waals surface area (Å²) in [6.07, 6.45) is -0.0484. The molecular weight excluding hydrogens is 294 g/mol. The maximum Gasteiger partial charge on any atom is 0.263 e. The summed E-state index contributed by atoms with van der Waals surface area (Å²) in [5.41, 5.74) is 0.888. The molecule has 21 heavy (non-hydrogen) atoms. The molecule has 1 aromatic carbocycles. The molecule has 5 nitrogen and oxygen atoms in total. The van der Waals surface area contributed by atoms with Gasteiger partial charge in [-0.05, 0) is 31.0 Å². The van der Waals surface area contributed by atoms with Crippen molar-refractivity contribution in [3.63, 3.8) is 0 Å². The fourth-order valence-electron chi connectivity index (χ4n) is 2.54. The van der Waals surface area contributed by atoms with Crippen molar-refractivity contribution in [2.75, 3.05) is 11.5 Å². The fourth-order valence-corrected chi connectivity index (χ4v) is 2.74. The SMILES string of the molecule is O=C1C2CCC(O2)C(=O)N1c1cc(C#CCO)ccc1Cl. The minimum Gasteiger partial charge on any atom is -0.384 e. The number of hydrogen-bond donors (Lipinski definition) is 1. The third-order valence-electron chi connectivity index (χ3n) is 3.51. The molecule has 3 rings (SSSR count). The van der Waals surface area contributed by atoms with Crippen LogP contribution < -0.4 is 4.90 Å². The van der Waals surface area contributed by atoms with Crippen molar-refractivity contribution in [2.24, 2.45) is 0 Å². The van der Waals surface area contributed by atoms with Crippen molar-refractivity contribution in [3.8, 4) is 11.8 Å². The number of halogens is 1. The second kappa shape index (κ2) is 5.49. The van der Waals surface area contributed by atoms with Crippen LogP contribution in [0.5, 0.6) is 0 Å². The molecule has 0 spiro atoms. The van der Waals surface area contributed by atoms with E-state index in [1.165, 1.54) is 0 Å². The lowest BCUT2D eigenvalue weighted by Crippen LogP contribution is -2.52. The Morgan fingerprint density at radius 1 is 1.29 bits per heavy atom. The Kier molecular flexibility index (Phi) is 3.68. The number of nitrogens with zero attached hydrogens (tertiary/aromatic N) is 1. The maximum absolute atomic E-state index is 12.3. The van der Waals surface area contributed by atoms with Crippen molar-refractivity contribution < 1.29 is 19.4 Å². The van der Waals surface area contributed by atoms with Gasteiger partial charge >= 0.3 is 0 Å². The molecule has 2 saturated heterocycles. The quantitative estimate of drug-likeness (QED) is 0.623. The van der Waals surface area contributed by atoms with E-state index in [-0.39, 0.29) is 18.4 Å². The zero-order valence-corrected chi connectivity index (χ0v) is 11.8. The lowest BCUT2D eigenvalue weighted by molar-refractivity contribution is -0.146. The topological polar surface area (TPSA) is 66.8 Å². The average Bonchev–Trinajstić information content (AvgIpc) is 2.93. The van der Waals surface area contributed by atoms with Crippen molar-refractivity contribution in [3.05, 3.63) is 28.8 Å². The number of benzene rings is 1. The molecule has 0 radical (unpaired) electrons. The van der Waals surface area contributed by atoms with Gasteiger partial charge in [-0.1, -0.05) is 23.4 Å². The highest BCUT2D eigenvalue weighted by molar-refractivity contribution is 6.35. The summed E-state index contributed by atoms with van der Waals surface area (Å²) in [6, 6.07) is 4.82. The van der Waals surface area contributed by atoms with E-state index in [0.29, 0.717) is 29.1 Å². The number of anilines is 1. The Bertz CT molecular complexity index is 654. The van der Waals surface area contributed by atoms with Gasteiger partial charge in [-0.15, -0.1) is 0 Å². The molecule has 108 valence electrons. The van der Waals surface area contributed by atoms with Gasteiger partial charge in [0.15, 0.2) is 0 Å². The van der Waals surface area contributed by atoms with E-state index < -0.39 is 12.2 Å². The molecule has 2 heterocycles. The van der Waals surface area contributed by atoms with E-state index in [2.05, 4.69) is 11.8 Å². The summed E-state index contributed by atoms with van der Waals surface area (Å²) in [7, 11) is 0. The van der Waals surface area contributed by atoms with Crippen LogP contribution in [-0.2, 0) is 14.3 Å². The highest BCUT2D eigenvalue weighted by Gasteiger charge is 2.47. The molecule has 1 aromatic rings. The number of aliphatic hydroxyl groups excluding tert-OH is 1. The standard InChI is InChI=1S/C15H12ClNO4/c16-10-4-3-9(2-1-7-18)8-11(10)17-14(19)12-5-6-13(21-12)15(17)20/h3-4,8,12-13,18H,5-7H2. The molecule has 2 amide bonds. The molecule has 2 atom stereocenters. The van der Waals surface area contributed by atoms with Gasteiger partial charge in [-0.3, -0.25) is 9.59 Å². The van der Waals surface area contributed by atoms with E-state index in [4.69, 9.17) is 21.4 Å². The van der Waals surface area contributed by atoms with Gasteiger partial charge in [-0.2, -0.15) is 0 Å². The third-order valence-corrected chi connectivity index (χ3v) is 3.83. The number of carbonyl (C=O) groups excluding carboxylic acids is 2. The normalized spacial score (nSPS) is 24.0. The van der Waals surface area contributed by atoms with E-state index >= 15 is 0 Å². The van der Waals surface area contributed by atoms with E-state index in [1.807, 2.05) is 0 Å². The summed E-state index contributed by atoms with van der Waals surface area (Å²) in [6.45, 7) is -0.266. The number of fused-ring (bicyclic) bond motifs is 2. The van der Waals surface area contributed by atoms with Crippen LogP contribution >= 0.6 is 11.6 Å². The van der Waals surface area contributed by atoms with Crippen LogP contribution in [0.3, 0.4) is 0 Å². The first-order valence-corrected chi connectivity index (χ1v) is 6.92. The van der Waals surface area contributed by atoms with Gasteiger partial charge in [0.1, 0.15) is 18.8 Å². The zero-order chi connectivity index (χ0) is 15.0. The summed E-state index contributed by atoms with van der Waals surface area (Å²) in [5.74, 6) is 4.47. The van der Waals surface area contributed by atoms with Gasteiger partial charge in [-0.25, -0.2) is 4.90 Å². The molecule has 0 aromatic heterocycles. The van der Waals surface area contributed by atoms with E-state index in [1.54, 1.807) is 18.2 Å². The van der Waals surface area contributed by atoms with Crippen LogP contribution in [0.25, 0.3) is 0 Å². The smallest absolute Gasteiger partial charge is 0.263 e. The second-order valence-corrected chi connectivity index (χ2v) is 5.24. The first-order chi connectivity index (χ1) is 10.1. The van der Waals surface area contributed by atoms with Crippen LogP contribution in [0, 0.1) is 11.8 Å². The Hall–Kier alpha value is -1.87. The first-order valence-electron chi connectivity index (χ1n) is 6.54. The summed E-state index contributed by atoms with van der Waals surface area (Å²) < 4.78 is 5.36. The molecule has 2 fully saturated rings. The van der Waals surface area contributed by atoms with Crippen LogP contribution in [-0.4, -0.2) is 35.7 Å². The zero-order valence-electron chi connectivity index (χ0n) is 11.0. The number of rotatable bonds is 1. The highest BCUT2D eigenvalue weighted by atomic mass is 35.5. The van der Waals surface area contributed by atoms with E-state index in [0.717, 1.165) is 4.90 Å². The maximum atomic E-state index is 12.3. The Balaban J connectivity index is 2.02. The average molecular weight is 306 g/mol. The van der Waals surface area contributed by atoms with Crippen LogP contribution in [0.15, 0.2) is 18.2 Å². The summed E-state index contributed by atoms with van der Waals surface area (Å²) >= 11 is 6.13. The molecule has 6 heteroatoms. The number of imide groups is 1. The molecule has 2 unspecified atom stereocenters. The summed E-state index contributed by atoms with van der Waals surface area (Å²) in [4.78, 5) is 25.7. The summed E-state index contributed by atoms with van der Waals surface area (Å²) in [5, 5.41) is 9.03. The fraction of sp³-hybridized carbons (Fsp3) is 0.333. The largest absolute Gasteiger partial charge is 0.384 e. The molecule has 2 bridgehead atoms. The number of carbonyl (C=O) groups is 2. The molecule has 0 aliphatic carbocycles. The number of ether oxygens (including phenoxy) is 1.